The molecule has 0 unspecified atom stereocenters. The van der Waals surface area contributed by atoms with Crippen molar-refractivity contribution in [2.24, 2.45) is 0 Å². The van der Waals surface area contributed by atoms with Gasteiger partial charge in [0.25, 0.3) is 0 Å². The zero-order valence-electron chi connectivity index (χ0n) is 26.0. The normalized spacial score (nSPS) is 11.8. The van der Waals surface area contributed by atoms with E-state index in [1.165, 1.54) is 69.6 Å². The van der Waals surface area contributed by atoms with Crippen LogP contribution in [0.15, 0.2) is 170 Å². The fourth-order valence-electron chi connectivity index (χ4n) is 7.39. The minimum Gasteiger partial charge on any atom is -0.309 e. The summed E-state index contributed by atoms with van der Waals surface area (Å²) in [5.74, 6) is 0. The van der Waals surface area contributed by atoms with Gasteiger partial charge in [0, 0.05) is 42.1 Å². The summed E-state index contributed by atoms with van der Waals surface area (Å²) in [7, 11) is 0. The van der Waals surface area contributed by atoms with E-state index < -0.39 is 0 Å². The molecular weight excluding hydrogens is 601 g/mol. The van der Waals surface area contributed by atoms with Gasteiger partial charge in [0.05, 0.1) is 28.1 Å². The van der Waals surface area contributed by atoms with Crippen molar-refractivity contribution in [1.29, 1.82) is 0 Å². The lowest BCUT2D eigenvalue weighted by Crippen LogP contribution is -1.95. The van der Waals surface area contributed by atoms with Crippen molar-refractivity contribution >= 4 is 64.1 Å². The lowest BCUT2D eigenvalue weighted by atomic mass is 10.0. The highest BCUT2D eigenvalue weighted by Gasteiger charge is 2.18. The van der Waals surface area contributed by atoms with Crippen LogP contribution in [0.1, 0.15) is 0 Å². The third-order valence-electron chi connectivity index (χ3n) is 9.60. The second-order valence-corrected chi connectivity index (χ2v) is 13.4. The highest BCUT2D eigenvalue weighted by Crippen LogP contribution is 2.42. The topological polar surface area (TPSA) is 17.8 Å². The number of thiophene rings is 1. The van der Waals surface area contributed by atoms with Gasteiger partial charge < -0.3 is 4.57 Å². The monoisotopic (exact) mass is 628 g/mol. The molecule has 0 atom stereocenters. The van der Waals surface area contributed by atoms with Crippen LogP contribution in [0.5, 0.6) is 0 Å². The summed E-state index contributed by atoms with van der Waals surface area (Å²) in [6, 6.07) is 61.3. The van der Waals surface area contributed by atoms with E-state index in [4.69, 9.17) is 4.98 Å². The molecule has 10 rings (SSSR count). The minimum atomic E-state index is 0.966. The third-order valence-corrected chi connectivity index (χ3v) is 10.7. The van der Waals surface area contributed by atoms with Gasteiger partial charge in [-0.25, -0.2) is 4.98 Å². The van der Waals surface area contributed by atoms with Gasteiger partial charge in [-0.15, -0.1) is 11.3 Å². The lowest BCUT2D eigenvalue weighted by Gasteiger charge is -2.11. The first-order chi connectivity index (χ1) is 23.8. The van der Waals surface area contributed by atoms with Crippen LogP contribution in [0, 0.1) is 0 Å². The van der Waals surface area contributed by atoms with E-state index in [-0.39, 0.29) is 0 Å². The molecule has 0 bridgehead atoms. The van der Waals surface area contributed by atoms with Crippen LogP contribution in [0.4, 0.5) is 0 Å². The number of rotatable bonds is 4. The van der Waals surface area contributed by atoms with Crippen molar-refractivity contribution in [2.75, 3.05) is 0 Å². The quantitative estimate of drug-likeness (QED) is 0.190. The molecule has 0 saturated heterocycles. The van der Waals surface area contributed by atoms with Crippen LogP contribution < -0.4 is 0 Å². The highest BCUT2D eigenvalue weighted by atomic mass is 32.1. The van der Waals surface area contributed by atoms with Crippen molar-refractivity contribution in [1.82, 2.24) is 9.55 Å². The Kier molecular flexibility index (Phi) is 6.08. The first kappa shape index (κ1) is 27.1. The molecule has 224 valence electrons. The molecule has 7 aromatic carbocycles. The molecule has 3 aromatic heterocycles. The number of benzene rings is 7. The maximum Gasteiger partial charge on any atom is 0.0715 e. The summed E-state index contributed by atoms with van der Waals surface area (Å²) in [4.78, 5) is 5.24. The van der Waals surface area contributed by atoms with Gasteiger partial charge in [-0.1, -0.05) is 115 Å². The number of nitrogens with zero attached hydrogens (tertiary/aromatic N) is 2. The van der Waals surface area contributed by atoms with E-state index in [1.807, 2.05) is 11.3 Å². The molecule has 0 aliphatic heterocycles. The van der Waals surface area contributed by atoms with Gasteiger partial charge in [0.1, 0.15) is 0 Å². The fraction of sp³-hybridized carbons (Fsp3) is 0. The number of hydrogen-bond acceptors (Lipinski definition) is 2. The van der Waals surface area contributed by atoms with Gasteiger partial charge in [-0.05, 0) is 76.5 Å². The maximum absolute atomic E-state index is 5.24. The summed E-state index contributed by atoms with van der Waals surface area (Å²) in [5.41, 5.74) is 10.2. The summed E-state index contributed by atoms with van der Waals surface area (Å²) in [5, 5.41) is 7.49. The maximum atomic E-state index is 5.24. The number of aromatic nitrogens is 2. The van der Waals surface area contributed by atoms with Crippen LogP contribution >= 0.6 is 11.3 Å². The largest absolute Gasteiger partial charge is 0.309 e. The van der Waals surface area contributed by atoms with Gasteiger partial charge in [0.15, 0.2) is 0 Å². The fourth-order valence-corrected chi connectivity index (χ4v) is 8.52. The molecule has 0 aliphatic rings. The number of hydrogen-bond donors (Lipinski definition) is 0. The van der Waals surface area contributed by atoms with E-state index in [1.54, 1.807) is 0 Å². The molecule has 0 saturated carbocycles. The van der Waals surface area contributed by atoms with Gasteiger partial charge in [-0.3, -0.25) is 0 Å². The average molecular weight is 629 g/mol. The highest BCUT2D eigenvalue weighted by molar-refractivity contribution is 7.25. The predicted octanol–water partition coefficient (Wildman–Crippen LogP) is 12.7. The van der Waals surface area contributed by atoms with E-state index in [9.17, 15) is 0 Å². The molecular formula is C45H28N2S. The lowest BCUT2D eigenvalue weighted by molar-refractivity contribution is 1.20. The summed E-state index contributed by atoms with van der Waals surface area (Å²) in [6.45, 7) is 0. The molecule has 3 heterocycles. The molecule has 48 heavy (non-hydrogen) atoms. The van der Waals surface area contributed by atoms with Crippen LogP contribution in [-0.4, -0.2) is 9.55 Å². The summed E-state index contributed by atoms with van der Waals surface area (Å²) < 4.78 is 5.08. The average Bonchev–Trinajstić information content (AvgIpc) is 3.70. The molecule has 0 N–H and O–H groups in total. The van der Waals surface area contributed by atoms with Crippen LogP contribution in [0.2, 0.25) is 0 Å². The van der Waals surface area contributed by atoms with E-state index >= 15 is 0 Å². The molecule has 0 radical (unpaired) electrons. The van der Waals surface area contributed by atoms with Gasteiger partial charge >= 0.3 is 0 Å². The molecule has 0 spiro atoms. The molecule has 0 fully saturated rings. The van der Waals surface area contributed by atoms with Crippen LogP contribution in [-0.2, 0) is 0 Å². The first-order valence-corrected chi connectivity index (χ1v) is 17.1. The van der Waals surface area contributed by atoms with Crippen molar-refractivity contribution in [3.63, 3.8) is 0 Å². The Hall–Kier alpha value is -6.03. The molecule has 10 aromatic rings. The standard InChI is InChI=1S/C45H28N2S/c1-2-11-29(12-3-1)31-23-25-40-36(27-31)37-28-32(38-18-9-19-39(46-38)34-17-8-14-30-13-4-5-15-33(30)34)24-26-41(37)47(40)42-20-10-22-44-45(42)35-16-6-7-21-43(35)48-44/h1-28H. The Bertz CT molecular complexity index is 2840. The first-order valence-electron chi connectivity index (χ1n) is 16.3. The Morgan fingerprint density at radius 1 is 0.417 bits per heavy atom. The number of pyridine rings is 1. The molecule has 3 heteroatoms. The van der Waals surface area contributed by atoms with Gasteiger partial charge in [0.2, 0.25) is 0 Å². The summed E-state index contributed by atoms with van der Waals surface area (Å²) >= 11 is 1.86. The van der Waals surface area contributed by atoms with Crippen molar-refractivity contribution in [2.45, 2.75) is 0 Å². The Labute approximate surface area is 281 Å². The van der Waals surface area contributed by atoms with Crippen molar-refractivity contribution < 1.29 is 0 Å². The smallest absolute Gasteiger partial charge is 0.0715 e. The zero-order chi connectivity index (χ0) is 31.6. The predicted molar refractivity (Wildman–Crippen MR) is 205 cm³/mol. The zero-order valence-corrected chi connectivity index (χ0v) is 26.8. The second kappa shape index (κ2) is 10.8. The van der Waals surface area contributed by atoms with E-state index in [0.717, 1.165) is 22.5 Å². The Morgan fingerprint density at radius 3 is 1.94 bits per heavy atom. The van der Waals surface area contributed by atoms with E-state index in [0.29, 0.717) is 0 Å². The molecule has 0 aliphatic carbocycles. The van der Waals surface area contributed by atoms with Crippen LogP contribution in [0.3, 0.4) is 0 Å². The van der Waals surface area contributed by atoms with Crippen LogP contribution in [0.25, 0.3) is 92.1 Å². The summed E-state index contributed by atoms with van der Waals surface area (Å²) in [6.07, 6.45) is 0. The SMILES string of the molecule is c1ccc(-c2ccc3c(c2)c2cc(-c4cccc(-c5cccc6ccccc56)n4)ccc2n3-c2cccc3sc4ccccc4c23)cc1. The second-order valence-electron chi connectivity index (χ2n) is 12.3. The number of fused-ring (bicyclic) bond motifs is 7. The van der Waals surface area contributed by atoms with Gasteiger partial charge in [-0.2, -0.15) is 0 Å². The molecule has 0 amide bonds. The van der Waals surface area contributed by atoms with E-state index in [2.05, 4.69) is 174 Å². The third kappa shape index (κ3) is 4.22. The van der Waals surface area contributed by atoms with Crippen molar-refractivity contribution in [3.05, 3.63) is 170 Å². The Balaban J connectivity index is 1.22. The Morgan fingerprint density at radius 2 is 1.06 bits per heavy atom. The minimum absolute atomic E-state index is 0.966. The van der Waals surface area contributed by atoms with Crippen molar-refractivity contribution in [3.8, 4) is 39.3 Å². The molecule has 2 nitrogen and oxygen atoms in total.